The van der Waals surface area contributed by atoms with Crippen LogP contribution in [0.2, 0.25) is 0 Å². The van der Waals surface area contributed by atoms with E-state index in [2.05, 4.69) is 6.92 Å². The molecule has 1 heterocycles. The number of nitrogens with zero attached hydrogens (tertiary/aromatic N) is 1. The predicted molar refractivity (Wildman–Crippen MR) is 114 cm³/mol. The summed E-state index contributed by atoms with van der Waals surface area (Å²) in [7, 11) is -2.27. The Morgan fingerprint density at radius 2 is 1.86 bits per heavy atom. The number of aryl methyl sites for hydroxylation is 1. The van der Waals surface area contributed by atoms with Gasteiger partial charge in [-0.05, 0) is 54.5 Å². The van der Waals surface area contributed by atoms with Crippen molar-refractivity contribution < 1.29 is 17.4 Å². The zero-order chi connectivity index (χ0) is 20.7. The van der Waals surface area contributed by atoms with Crippen molar-refractivity contribution in [2.45, 2.75) is 31.6 Å². The number of methoxy groups -OCH3 is 1. The highest BCUT2D eigenvalue weighted by Crippen LogP contribution is 2.22. The molecule has 0 spiro atoms. The molecule has 0 aliphatic carbocycles. The molecule has 0 saturated carbocycles. The summed E-state index contributed by atoms with van der Waals surface area (Å²) in [5, 5.41) is 0. The Morgan fingerprint density at radius 3 is 2.43 bits per heavy atom. The second kappa shape index (κ2) is 9.84. The van der Waals surface area contributed by atoms with Gasteiger partial charge in [0.2, 0.25) is 0 Å². The Kier molecular flexibility index (Phi) is 7.77. The number of pyridine rings is 1. The van der Waals surface area contributed by atoms with E-state index in [0.717, 1.165) is 46.5 Å². The highest BCUT2D eigenvalue weighted by atomic mass is 32.2. The molecule has 0 radical (unpaired) electrons. The van der Waals surface area contributed by atoms with Gasteiger partial charge < -0.3 is 4.74 Å². The summed E-state index contributed by atoms with van der Waals surface area (Å²) < 4.78 is 34.3. The number of ether oxygens (including phenoxy) is 1. The lowest BCUT2D eigenvalue weighted by Crippen LogP contribution is -2.33. The molecule has 8 heteroatoms. The molecular weight excluding hydrogens is 398 g/mol. The highest BCUT2D eigenvalue weighted by Gasteiger charge is 2.16. The Morgan fingerprint density at radius 1 is 1.18 bits per heavy atom. The van der Waals surface area contributed by atoms with Gasteiger partial charge in [0, 0.05) is 0 Å². The van der Waals surface area contributed by atoms with Gasteiger partial charge in [-0.25, -0.2) is 0 Å². The van der Waals surface area contributed by atoms with E-state index in [9.17, 15) is 13.2 Å². The maximum Gasteiger partial charge on any atom is 0.324 e. The normalized spacial score (nSPS) is 11.7. The number of rotatable bonds is 9. The lowest BCUT2D eigenvalue weighted by Gasteiger charge is -2.13. The summed E-state index contributed by atoms with van der Waals surface area (Å²) in [5.41, 5.74) is 1.54. The van der Waals surface area contributed by atoms with Crippen molar-refractivity contribution in [1.82, 2.24) is 4.73 Å². The largest absolute Gasteiger partial charge is 0.497 e. The molecule has 152 valence electrons. The molecule has 0 saturated heterocycles. The lowest BCUT2D eigenvalue weighted by atomic mass is 10.1. The van der Waals surface area contributed by atoms with Gasteiger partial charge in [0.05, 0.1) is 24.0 Å². The van der Waals surface area contributed by atoms with Crippen LogP contribution >= 0.6 is 11.8 Å². The molecule has 0 bridgehead atoms. The summed E-state index contributed by atoms with van der Waals surface area (Å²) >= 11 is 1.42. The summed E-state index contributed by atoms with van der Waals surface area (Å²) in [6.07, 6.45) is 6.33. The van der Waals surface area contributed by atoms with Crippen LogP contribution in [-0.2, 0) is 10.1 Å². The minimum Gasteiger partial charge on any atom is -0.497 e. The molecule has 0 fully saturated rings. The molecule has 2 rings (SSSR count). The van der Waals surface area contributed by atoms with Crippen LogP contribution in [0.25, 0.3) is 12.2 Å². The van der Waals surface area contributed by atoms with E-state index < -0.39 is 15.7 Å². The van der Waals surface area contributed by atoms with Gasteiger partial charge in [-0.15, -0.1) is 16.5 Å². The second-order valence-electron chi connectivity index (χ2n) is 6.27. The quantitative estimate of drug-likeness (QED) is 0.453. The monoisotopic (exact) mass is 423 g/mol. The van der Waals surface area contributed by atoms with E-state index in [-0.39, 0.29) is 0 Å². The number of benzene rings is 1. The molecule has 28 heavy (non-hydrogen) atoms. The fourth-order valence-electron chi connectivity index (χ4n) is 2.44. The Labute approximate surface area is 170 Å². The van der Waals surface area contributed by atoms with Crippen LogP contribution in [0.15, 0.2) is 40.0 Å². The zero-order valence-corrected chi connectivity index (χ0v) is 18.1. The third-order valence-electron chi connectivity index (χ3n) is 3.85. The maximum atomic E-state index is 12.9. The summed E-state index contributed by atoms with van der Waals surface area (Å²) in [4.78, 5) is 13.4. The van der Waals surface area contributed by atoms with Crippen molar-refractivity contribution in [2.24, 2.45) is 0 Å². The lowest BCUT2D eigenvalue weighted by molar-refractivity contribution is 0.264. The van der Waals surface area contributed by atoms with Crippen molar-refractivity contribution in [1.29, 1.82) is 0 Å². The minimum absolute atomic E-state index is 0.351. The zero-order valence-electron chi connectivity index (χ0n) is 16.5. The number of hydrogen-bond acceptors (Lipinski definition) is 6. The Balaban J connectivity index is 2.45. The first-order chi connectivity index (χ1) is 13.2. The third-order valence-corrected chi connectivity index (χ3v) is 5.55. The van der Waals surface area contributed by atoms with Gasteiger partial charge in [-0.3, -0.25) is 9.08 Å². The molecule has 0 unspecified atom stereocenters. The molecule has 0 aliphatic heterocycles. The van der Waals surface area contributed by atoms with E-state index in [1.165, 1.54) is 11.8 Å². The van der Waals surface area contributed by atoms with Gasteiger partial charge in [0.15, 0.2) is 0 Å². The minimum atomic E-state index is -3.87. The fraction of sp³-hybridized carbons (Fsp3) is 0.350. The summed E-state index contributed by atoms with van der Waals surface area (Å²) in [6.45, 7) is 3.91. The molecule has 1 aromatic heterocycles. The topological polar surface area (TPSA) is 74.6 Å². The Hall–Kier alpha value is -2.19. The molecular formula is C20H25NO5S2. The number of hydrogen-bond donors (Lipinski definition) is 0. The number of aromatic nitrogens is 1. The van der Waals surface area contributed by atoms with Crippen LogP contribution < -0.4 is 14.6 Å². The predicted octanol–water partition coefficient (Wildman–Crippen LogP) is 3.62. The fourth-order valence-corrected chi connectivity index (χ4v) is 4.00. The molecule has 1 aromatic carbocycles. The van der Waals surface area contributed by atoms with Crippen molar-refractivity contribution >= 4 is 34.0 Å². The van der Waals surface area contributed by atoms with E-state index in [4.69, 9.17) is 9.02 Å². The highest BCUT2D eigenvalue weighted by molar-refractivity contribution is 7.99. The van der Waals surface area contributed by atoms with Crippen LogP contribution in [0.1, 0.15) is 36.6 Å². The van der Waals surface area contributed by atoms with E-state index >= 15 is 0 Å². The number of thioether (sulfide) groups is 1. The van der Waals surface area contributed by atoms with Gasteiger partial charge in [-0.2, -0.15) is 8.42 Å². The number of unbranched alkanes of at least 4 members (excludes halogenated alkanes) is 1. The molecule has 0 N–H and O–H groups in total. The standard InChI is InChI=1S/C20H25NO5S2/c1-5-6-13-27-19-15(2)14-17(21(20(19)22)26-28(4,23)24)10-7-16-8-11-18(25-3)12-9-16/h7-12,14H,5-6,13H2,1-4H3. The van der Waals surface area contributed by atoms with Crippen LogP contribution in [0.4, 0.5) is 0 Å². The maximum absolute atomic E-state index is 12.9. The third kappa shape index (κ3) is 6.17. The second-order valence-corrected chi connectivity index (χ2v) is 8.93. The first-order valence-corrected chi connectivity index (χ1v) is 11.7. The Bertz CT molecular complexity index is 992. The van der Waals surface area contributed by atoms with Gasteiger partial charge in [0.25, 0.3) is 5.56 Å². The van der Waals surface area contributed by atoms with E-state index in [1.807, 2.05) is 31.2 Å². The van der Waals surface area contributed by atoms with Crippen LogP contribution in [0, 0.1) is 6.92 Å². The molecule has 0 atom stereocenters. The molecule has 0 amide bonds. The van der Waals surface area contributed by atoms with Gasteiger partial charge >= 0.3 is 10.1 Å². The van der Waals surface area contributed by atoms with E-state index in [1.54, 1.807) is 25.3 Å². The smallest absolute Gasteiger partial charge is 0.324 e. The first-order valence-electron chi connectivity index (χ1n) is 8.86. The van der Waals surface area contributed by atoms with Crippen LogP contribution in [-0.4, -0.2) is 32.3 Å². The van der Waals surface area contributed by atoms with Crippen molar-refractivity contribution in [3.63, 3.8) is 0 Å². The summed E-state index contributed by atoms with van der Waals surface area (Å²) in [6, 6.07) is 9.10. The first kappa shape index (κ1) is 22.1. The van der Waals surface area contributed by atoms with Gasteiger partial charge in [-0.1, -0.05) is 31.6 Å². The van der Waals surface area contributed by atoms with Crippen LogP contribution in [0.3, 0.4) is 0 Å². The molecule has 6 nitrogen and oxygen atoms in total. The van der Waals surface area contributed by atoms with Crippen molar-refractivity contribution in [3.05, 3.63) is 57.5 Å². The van der Waals surface area contributed by atoms with Gasteiger partial charge in [0.1, 0.15) is 5.75 Å². The average molecular weight is 424 g/mol. The van der Waals surface area contributed by atoms with Crippen LogP contribution in [0.5, 0.6) is 5.75 Å². The SMILES string of the molecule is CCCCSc1c(C)cc(C=Cc2ccc(OC)cc2)n(OS(C)(=O)=O)c1=O. The molecule has 0 aliphatic rings. The van der Waals surface area contributed by atoms with E-state index in [0.29, 0.717) is 10.6 Å². The van der Waals surface area contributed by atoms with Crippen molar-refractivity contribution in [3.8, 4) is 5.75 Å². The molecule has 2 aromatic rings. The average Bonchev–Trinajstić information content (AvgIpc) is 2.65. The summed E-state index contributed by atoms with van der Waals surface area (Å²) in [5.74, 6) is 1.52. The van der Waals surface area contributed by atoms with Crippen molar-refractivity contribution in [2.75, 3.05) is 19.1 Å².